The fourth-order valence-corrected chi connectivity index (χ4v) is 4.46. The lowest BCUT2D eigenvalue weighted by Gasteiger charge is -2.27. The number of hydrogen-bond donors (Lipinski definition) is 2. The molecule has 0 aliphatic carbocycles. The summed E-state index contributed by atoms with van der Waals surface area (Å²) in [4.78, 5) is 21.7. The van der Waals surface area contributed by atoms with Crippen molar-refractivity contribution in [2.75, 3.05) is 25.5 Å². The van der Waals surface area contributed by atoms with Gasteiger partial charge in [0.2, 0.25) is 0 Å². The van der Waals surface area contributed by atoms with Gasteiger partial charge in [-0.1, -0.05) is 51.0 Å². The van der Waals surface area contributed by atoms with Crippen molar-refractivity contribution in [1.29, 1.82) is 0 Å². The largest absolute Gasteiger partial charge is 0.495 e. The van der Waals surface area contributed by atoms with Crippen molar-refractivity contribution < 1.29 is 9.53 Å². The Morgan fingerprint density at radius 2 is 2.00 bits per heavy atom. The fraction of sp³-hybridized carbons (Fsp3) is 0.367. The van der Waals surface area contributed by atoms with E-state index in [2.05, 4.69) is 66.7 Å². The van der Waals surface area contributed by atoms with Gasteiger partial charge >= 0.3 is 0 Å². The van der Waals surface area contributed by atoms with Crippen LogP contribution < -0.4 is 10.6 Å². The molecule has 36 heavy (non-hydrogen) atoms. The van der Waals surface area contributed by atoms with Crippen LogP contribution in [-0.2, 0) is 4.74 Å². The number of rotatable bonds is 10. The molecule has 6 heteroatoms. The van der Waals surface area contributed by atoms with E-state index in [0.29, 0.717) is 17.3 Å². The lowest BCUT2D eigenvalue weighted by atomic mass is 9.90. The Labute approximate surface area is 214 Å². The number of nitrogens with zero attached hydrogens (tertiary/aromatic N) is 2. The summed E-state index contributed by atoms with van der Waals surface area (Å²) in [6.45, 7) is 8.40. The number of carbonyl (C=O) groups is 1. The van der Waals surface area contributed by atoms with E-state index < -0.39 is 0 Å². The number of aromatic nitrogens is 1. The quantitative estimate of drug-likeness (QED) is 0.297. The Morgan fingerprint density at radius 1 is 1.22 bits per heavy atom. The summed E-state index contributed by atoms with van der Waals surface area (Å²) >= 11 is 0. The van der Waals surface area contributed by atoms with Crippen molar-refractivity contribution in [3.8, 4) is 0 Å². The predicted octanol–water partition coefficient (Wildman–Crippen LogP) is 6.51. The molecule has 1 aromatic heterocycles. The third-order valence-electron chi connectivity index (χ3n) is 7.08. The molecular weight excluding hydrogens is 448 g/mol. The molecule has 0 radical (unpaired) electrons. The molecule has 1 fully saturated rings. The molecule has 2 aliphatic rings. The van der Waals surface area contributed by atoms with Crippen LogP contribution >= 0.6 is 0 Å². The number of aldehydes is 1. The summed E-state index contributed by atoms with van der Waals surface area (Å²) in [7, 11) is 1.66. The standard InChI is InChI=1S/C30H36N4O2/c1-5-6-7-8-9-23-14-28(26-17-32-18-29(36-4)21(3)20(26)2)34-30(27(23)19-35)33-25-12-10-22(11-13-25)24-15-31-16-24/h8-14,17-20,24,31H,5-7,15-16H2,1-4H3,(H,33,34). The van der Waals surface area contributed by atoms with Gasteiger partial charge < -0.3 is 15.4 Å². The number of benzene rings is 1. The predicted molar refractivity (Wildman–Crippen MR) is 149 cm³/mol. The van der Waals surface area contributed by atoms with Gasteiger partial charge in [0, 0.05) is 42.4 Å². The van der Waals surface area contributed by atoms with Crippen molar-refractivity contribution in [3.05, 3.63) is 76.3 Å². The molecule has 188 valence electrons. The molecule has 3 heterocycles. The molecule has 2 aliphatic heterocycles. The molecule has 2 aromatic rings. The van der Waals surface area contributed by atoms with E-state index in [1.807, 2.05) is 18.3 Å². The molecule has 0 saturated carbocycles. The van der Waals surface area contributed by atoms with E-state index in [4.69, 9.17) is 9.72 Å². The normalized spacial score (nSPS) is 18.1. The van der Waals surface area contributed by atoms with Crippen LogP contribution in [0.15, 0.2) is 58.9 Å². The molecule has 1 atom stereocenters. The average molecular weight is 485 g/mol. The van der Waals surface area contributed by atoms with Crippen LogP contribution in [0, 0.1) is 5.92 Å². The SMILES string of the molecule is CCCCC=Cc1cc(C2=CN=CC(OC)=C(C)C2C)nc(Nc2ccc(C3CNC3)cc2)c1C=O. The minimum absolute atomic E-state index is 0.0529. The number of ether oxygens (including phenoxy) is 1. The second kappa shape index (κ2) is 12.0. The van der Waals surface area contributed by atoms with Crippen LogP contribution in [0.2, 0.25) is 0 Å². The summed E-state index contributed by atoms with van der Waals surface area (Å²) in [5.41, 5.74) is 6.47. The zero-order valence-electron chi connectivity index (χ0n) is 21.7. The first kappa shape index (κ1) is 25.6. The first-order valence-electron chi connectivity index (χ1n) is 12.8. The van der Waals surface area contributed by atoms with Crippen molar-refractivity contribution in [2.45, 2.75) is 46.0 Å². The molecule has 0 bridgehead atoms. The molecule has 6 nitrogen and oxygen atoms in total. The van der Waals surface area contributed by atoms with Crippen molar-refractivity contribution in [1.82, 2.24) is 10.3 Å². The minimum Gasteiger partial charge on any atom is -0.495 e. The first-order chi connectivity index (χ1) is 17.5. The van der Waals surface area contributed by atoms with E-state index in [0.717, 1.165) is 72.5 Å². The summed E-state index contributed by atoms with van der Waals surface area (Å²) in [6.07, 6.45) is 11.9. The van der Waals surface area contributed by atoms with Crippen LogP contribution in [-0.4, -0.2) is 37.7 Å². The van der Waals surface area contributed by atoms with Gasteiger partial charge in [-0.3, -0.25) is 9.79 Å². The summed E-state index contributed by atoms with van der Waals surface area (Å²) in [5.74, 6) is 1.93. The number of methoxy groups -OCH3 is 1. The second-order valence-electron chi connectivity index (χ2n) is 9.46. The van der Waals surface area contributed by atoms with E-state index in [9.17, 15) is 4.79 Å². The van der Waals surface area contributed by atoms with Gasteiger partial charge in [0.15, 0.2) is 6.29 Å². The number of aliphatic imine (C=N–C) groups is 1. The van der Waals surface area contributed by atoms with E-state index >= 15 is 0 Å². The molecule has 2 N–H and O–H groups in total. The van der Waals surface area contributed by atoms with Crippen LogP contribution in [0.4, 0.5) is 11.5 Å². The highest BCUT2D eigenvalue weighted by Gasteiger charge is 2.22. The zero-order valence-corrected chi connectivity index (χ0v) is 21.7. The smallest absolute Gasteiger partial charge is 0.154 e. The van der Waals surface area contributed by atoms with Gasteiger partial charge in [0.25, 0.3) is 0 Å². The van der Waals surface area contributed by atoms with Crippen molar-refractivity contribution in [2.24, 2.45) is 10.9 Å². The van der Waals surface area contributed by atoms with Gasteiger partial charge in [0.05, 0.1) is 24.6 Å². The average Bonchev–Trinajstić information content (AvgIpc) is 3.00. The van der Waals surface area contributed by atoms with Crippen LogP contribution in [0.3, 0.4) is 0 Å². The number of unbranched alkanes of at least 4 members (excludes halogenated alkanes) is 2. The topological polar surface area (TPSA) is 75.6 Å². The lowest BCUT2D eigenvalue weighted by molar-refractivity contribution is 0.112. The Bertz CT molecular complexity index is 1200. The van der Waals surface area contributed by atoms with E-state index in [1.165, 1.54) is 5.56 Å². The molecule has 0 spiro atoms. The second-order valence-corrected chi connectivity index (χ2v) is 9.46. The lowest BCUT2D eigenvalue weighted by Crippen LogP contribution is -2.39. The Kier molecular flexibility index (Phi) is 8.49. The Morgan fingerprint density at radius 3 is 2.64 bits per heavy atom. The maximum absolute atomic E-state index is 12.3. The van der Waals surface area contributed by atoms with Gasteiger partial charge in [-0.15, -0.1) is 0 Å². The Balaban J connectivity index is 1.73. The Hall–Kier alpha value is -3.51. The van der Waals surface area contributed by atoms with Crippen LogP contribution in [0.5, 0.6) is 0 Å². The highest BCUT2D eigenvalue weighted by Crippen LogP contribution is 2.34. The summed E-state index contributed by atoms with van der Waals surface area (Å²) in [5, 5.41) is 6.73. The molecule has 0 amide bonds. The van der Waals surface area contributed by atoms with Gasteiger partial charge in [-0.2, -0.15) is 0 Å². The molecule has 1 saturated heterocycles. The third kappa shape index (κ3) is 5.65. The summed E-state index contributed by atoms with van der Waals surface area (Å²) < 4.78 is 5.52. The van der Waals surface area contributed by atoms with Gasteiger partial charge in [-0.25, -0.2) is 4.98 Å². The monoisotopic (exact) mass is 484 g/mol. The number of anilines is 2. The van der Waals surface area contributed by atoms with E-state index in [-0.39, 0.29) is 5.92 Å². The highest BCUT2D eigenvalue weighted by molar-refractivity contribution is 5.91. The minimum atomic E-state index is 0.0529. The van der Waals surface area contributed by atoms with Gasteiger partial charge in [-0.05, 0) is 48.2 Å². The number of pyridine rings is 1. The first-order valence-corrected chi connectivity index (χ1v) is 12.8. The van der Waals surface area contributed by atoms with Gasteiger partial charge in [0.1, 0.15) is 11.6 Å². The highest BCUT2D eigenvalue weighted by atomic mass is 16.5. The van der Waals surface area contributed by atoms with Crippen LogP contribution in [0.25, 0.3) is 11.6 Å². The number of nitrogens with one attached hydrogen (secondary N) is 2. The maximum Gasteiger partial charge on any atom is 0.154 e. The van der Waals surface area contributed by atoms with Crippen LogP contribution in [0.1, 0.15) is 73.1 Å². The van der Waals surface area contributed by atoms with Crippen molar-refractivity contribution >= 4 is 35.7 Å². The number of carbonyl (C=O) groups excluding carboxylic acids is 1. The molecular formula is C30H36N4O2. The summed E-state index contributed by atoms with van der Waals surface area (Å²) in [6, 6.07) is 10.4. The zero-order chi connectivity index (χ0) is 25.5. The molecule has 4 rings (SSSR count). The number of hydrogen-bond acceptors (Lipinski definition) is 6. The number of allylic oxidation sites excluding steroid dienone is 4. The molecule has 1 unspecified atom stereocenters. The fourth-order valence-electron chi connectivity index (χ4n) is 4.46. The van der Waals surface area contributed by atoms with Crippen molar-refractivity contribution in [3.63, 3.8) is 0 Å². The third-order valence-corrected chi connectivity index (χ3v) is 7.08. The van der Waals surface area contributed by atoms with E-state index in [1.54, 1.807) is 13.3 Å². The molecule has 1 aromatic carbocycles. The maximum atomic E-state index is 12.3.